The minimum absolute atomic E-state index is 0.0606. The lowest BCUT2D eigenvalue weighted by atomic mass is 9.94. The Kier molecular flexibility index (Phi) is 3.92. The first kappa shape index (κ1) is 12.5. The quantitative estimate of drug-likeness (QED) is 0.657. The number of carbonyl (C=O) groups excluding carboxylic acids is 1. The van der Waals surface area contributed by atoms with Gasteiger partial charge in [-0.05, 0) is 24.8 Å². The molecule has 5 nitrogen and oxygen atoms in total. The number of nitro benzene ring substituents is 1. The Morgan fingerprint density at radius 1 is 1.39 bits per heavy atom. The van der Waals surface area contributed by atoms with Crippen molar-refractivity contribution in [2.45, 2.75) is 25.7 Å². The van der Waals surface area contributed by atoms with E-state index in [1.54, 1.807) is 12.1 Å². The van der Waals surface area contributed by atoms with Crippen molar-refractivity contribution in [3.05, 3.63) is 39.9 Å². The van der Waals surface area contributed by atoms with Gasteiger partial charge >= 0.3 is 0 Å². The fourth-order valence-electron chi connectivity index (χ4n) is 2.28. The number of benzene rings is 1. The van der Waals surface area contributed by atoms with Crippen molar-refractivity contribution >= 4 is 11.6 Å². The van der Waals surface area contributed by atoms with Crippen molar-refractivity contribution in [2.75, 3.05) is 6.54 Å². The van der Waals surface area contributed by atoms with Crippen LogP contribution in [0.4, 0.5) is 5.69 Å². The zero-order valence-electron chi connectivity index (χ0n) is 10.1. The average Bonchev–Trinajstić information content (AvgIpc) is 2.55. The van der Waals surface area contributed by atoms with Gasteiger partial charge in [-0.15, -0.1) is 0 Å². The van der Waals surface area contributed by atoms with E-state index < -0.39 is 4.92 Å². The Morgan fingerprint density at radius 3 is 3.00 bits per heavy atom. The van der Waals surface area contributed by atoms with Crippen LogP contribution in [0.15, 0.2) is 24.3 Å². The van der Waals surface area contributed by atoms with Crippen molar-refractivity contribution in [3.8, 4) is 0 Å². The summed E-state index contributed by atoms with van der Waals surface area (Å²) in [6.07, 6.45) is 3.47. The second-order valence-corrected chi connectivity index (χ2v) is 4.61. The fraction of sp³-hybridized carbons (Fsp3) is 0.462. The van der Waals surface area contributed by atoms with Gasteiger partial charge in [0.15, 0.2) is 0 Å². The van der Waals surface area contributed by atoms with Gasteiger partial charge in [0.2, 0.25) is 5.91 Å². The lowest BCUT2D eigenvalue weighted by molar-refractivity contribution is -0.384. The van der Waals surface area contributed by atoms with Gasteiger partial charge in [0.25, 0.3) is 5.69 Å². The fourth-order valence-corrected chi connectivity index (χ4v) is 2.28. The van der Waals surface area contributed by atoms with Crippen LogP contribution in [0, 0.1) is 16.0 Å². The SMILES string of the molecule is O=C1NCCCCC1Cc1cccc([N+](=O)[O-])c1. The third-order valence-electron chi connectivity index (χ3n) is 3.25. The zero-order valence-corrected chi connectivity index (χ0v) is 10.1. The Balaban J connectivity index is 2.10. The number of hydrogen-bond acceptors (Lipinski definition) is 3. The Labute approximate surface area is 105 Å². The largest absolute Gasteiger partial charge is 0.356 e. The van der Waals surface area contributed by atoms with Crippen LogP contribution < -0.4 is 5.32 Å². The first-order chi connectivity index (χ1) is 8.66. The molecule has 1 aromatic rings. The van der Waals surface area contributed by atoms with Crippen LogP contribution >= 0.6 is 0 Å². The molecule has 1 amide bonds. The Bertz CT molecular complexity index is 459. The molecule has 0 saturated carbocycles. The van der Waals surface area contributed by atoms with Crippen LogP contribution in [0.1, 0.15) is 24.8 Å². The summed E-state index contributed by atoms with van der Waals surface area (Å²) in [5.74, 6) is 0.00788. The first-order valence-electron chi connectivity index (χ1n) is 6.18. The lowest BCUT2D eigenvalue weighted by Crippen LogP contribution is -2.30. The summed E-state index contributed by atoms with van der Waals surface area (Å²) in [5, 5.41) is 13.6. The average molecular weight is 248 g/mol. The standard InChI is InChI=1S/C13H16N2O3/c16-13-11(5-1-2-7-14-13)8-10-4-3-6-12(9-10)15(17)18/h3-4,6,9,11H,1-2,5,7-8H2,(H,14,16). The molecule has 1 aliphatic rings. The maximum Gasteiger partial charge on any atom is 0.269 e. The number of carbonyl (C=O) groups is 1. The van der Waals surface area contributed by atoms with Gasteiger partial charge in [-0.25, -0.2) is 0 Å². The van der Waals surface area contributed by atoms with Gasteiger partial charge < -0.3 is 5.32 Å². The van der Waals surface area contributed by atoms with Crippen LogP contribution in [0.3, 0.4) is 0 Å². The summed E-state index contributed by atoms with van der Waals surface area (Å²) in [6, 6.07) is 6.53. The highest BCUT2D eigenvalue weighted by Gasteiger charge is 2.21. The minimum atomic E-state index is -0.406. The van der Waals surface area contributed by atoms with Gasteiger partial charge in [0.05, 0.1) is 4.92 Å². The van der Waals surface area contributed by atoms with Crippen LogP contribution in [-0.4, -0.2) is 17.4 Å². The molecule has 2 rings (SSSR count). The molecule has 0 aromatic heterocycles. The third kappa shape index (κ3) is 3.06. The molecule has 96 valence electrons. The van der Waals surface area contributed by atoms with E-state index in [-0.39, 0.29) is 17.5 Å². The molecule has 1 saturated heterocycles. The number of nitro groups is 1. The van der Waals surface area contributed by atoms with E-state index in [1.807, 2.05) is 6.07 Å². The van der Waals surface area contributed by atoms with E-state index in [9.17, 15) is 14.9 Å². The van der Waals surface area contributed by atoms with Crippen molar-refractivity contribution in [2.24, 2.45) is 5.92 Å². The van der Waals surface area contributed by atoms with Crippen molar-refractivity contribution in [1.29, 1.82) is 0 Å². The maximum atomic E-state index is 11.8. The number of non-ortho nitro benzene ring substituents is 1. The predicted molar refractivity (Wildman–Crippen MR) is 67.2 cm³/mol. The minimum Gasteiger partial charge on any atom is -0.356 e. The monoisotopic (exact) mass is 248 g/mol. The first-order valence-corrected chi connectivity index (χ1v) is 6.18. The molecule has 0 bridgehead atoms. The molecule has 1 aromatic carbocycles. The Hall–Kier alpha value is -1.91. The zero-order chi connectivity index (χ0) is 13.0. The van der Waals surface area contributed by atoms with Gasteiger partial charge in [0, 0.05) is 24.6 Å². The predicted octanol–water partition coefficient (Wildman–Crippen LogP) is 2.05. The highest BCUT2D eigenvalue weighted by atomic mass is 16.6. The number of nitrogens with zero attached hydrogens (tertiary/aromatic N) is 1. The molecule has 1 atom stereocenters. The van der Waals surface area contributed by atoms with Crippen LogP contribution in [0.2, 0.25) is 0 Å². The highest BCUT2D eigenvalue weighted by Crippen LogP contribution is 2.20. The van der Waals surface area contributed by atoms with Gasteiger partial charge in [-0.2, -0.15) is 0 Å². The normalized spacial score (nSPS) is 20.0. The van der Waals surface area contributed by atoms with E-state index in [0.29, 0.717) is 6.42 Å². The molecule has 1 N–H and O–H groups in total. The van der Waals surface area contributed by atoms with Gasteiger partial charge in [-0.3, -0.25) is 14.9 Å². The number of hydrogen-bond donors (Lipinski definition) is 1. The molecule has 0 aliphatic carbocycles. The molecule has 1 unspecified atom stereocenters. The molecular weight excluding hydrogens is 232 g/mol. The summed E-state index contributed by atoms with van der Waals surface area (Å²) < 4.78 is 0. The van der Waals surface area contributed by atoms with Crippen molar-refractivity contribution in [1.82, 2.24) is 5.32 Å². The molecule has 1 fully saturated rings. The van der Waals surface area contributed by atoms with Crippen LogP contribution in [0.5, 0.6) is 0 Å². The second-order valence-electron chi connectivity index (χ2n) is 4.61. The summed E-state index contributed by atoms with van der Waals surface area (Å²) in [4.78, 5) is 22.1. The number of rotatable bonds is 3. The second kappa shape index (κ2) is 5.62. The third-order valence-corrected chi connectivity index (χ3v) is 3.25. The molecule has 18 heavy (non-hydrogen) atoms. The highest BCUT2D eigenvalue weighted by molar-refractivity contribution is 5.79. The van der Waals surface area contributed by atoms with E-state index in [2.05, 4.69) is 5.32 Å². The molecule has 5 heteroatoms. The molecule has 1 heterocycles. The number of amides is 1. The van der Waals surface area contributed by atoms with Crippen molar-refractivity contribution < 1.29 is 9.72 Å². The molecule has 0 radical (unpaired) electrons. The van der Waals surface area contributed by atoms with E-state index in [4.69, 9.17) is 0 Å². The van der Waals surface area contributed by atoms with E-state index >= 15 is 0 Å². The van der Waals surface area contributed by atoms with Gasteiger partial charge in [0.1, 0.15) is 0 Å². The Morgan fingerprint density at radius 2 is 2.22 bits per heavy atom. The summed E-state index contributed by atoms with van der Waals surface area (Å²) in [5.41, 5.74) is 0.938. The molecule has 1 aliphatic heterocycles. The smallest absolute Gasteiger partial charge is 0.269 e. The van der Waals surface area contributed by atoms with Crippen molar-refractivity contribution in [3.63, 3.8) is 0 Å². The summed E-state index contributed by atoms with van der Waals surface area (Å²) in [7, 11) is 0. The van der Waals surface area contributed by atoms with E-state index in [0.717, 1.165) is 31.4 Å². The molecular formula is C13H16N2O3. The van der Waals surface area contributed by atoms with Crippen LogP contribution in [-0.2, 0) is 11.2 Å². The maximum absolute atomic E-state index is 11.8. The van der Waals surface area contributed by atoms with Crippen LogP contribution in [0.25, 0.3) is 0 Å². The van der Waals surface area contributed by atoms with Gasteiger partial charge in [-0.1, -0.05) is 18.6 Å². The summed E-state index contributed by atoms with van der Waals surface area (Å²) in [6.45, 7) is 0.740. The summed E-state index contributed by atoms with van der Waals surface area (Å²) >= 11 is 0. The lowest BCUT2D eigenvalue weighted by Gasteiger charge is -2.12. The van der Waals surface area contributed by atoms with E-state index in [1.165, 1.54) is 6.07 Å². The number of nitrogens with one attached hydrogen (secondary N) is 1. The molecule has 0 spiro atoms. The topological polar surface area (TPSA) is 72.2 Å².